The third-order valence-electron chi connectivity index (χ3n) is 3.37. The van der Waals surface area contributed by atoms with Crippen LogP contribution in [0.2, 0.25) is 0 Å². The first-order valence-corrected chi connectivity index (χ1v) is 5.54. The number of carbonyl (C=O) groups excluding carboxylic acids is 2. The molecular weight excluding hydrogens is 220 g/mol. The van der Waals surface area contributed by atoms with Gasteiger partial charge in [-0.05, 0) is 18.8 Å². The number of H-pyrrole nitrogens is 1. The number of hydrogen-bond acceptors (Lipinski definition) is 4. The highest BCUT2D eigenvalue weighted by molar-refractivity contribution is 6.11. The number of Topliss-reactive ketones (excluding diaryl/α,β-unsaturated/α-hetero) is 1. The monoisotopic (exact) mass is 236 g/mol. The fourth-order valence-electron chi connectivity index (χ4n) is 2.51. The van der Waals surface area contributed by atoms with Crippen molar-refractivity contribution < 1.29 is 14.3 Å². The van der Waals surface area contributed by atoms with E-state index in [4.69, 9.17) is 4.74 Å². The van der Waals surface area contributed by atoms with Gasteiger partial charge in [0.15, 0.2) is 5.78 Å². The molecule has 0 unspecified atom stereocenters. The molecule has 1 atom stereocenters. The van der Waals surface area contributed by atoms with Crippen molar-refractivity contribution in [3.63, 3.8) is 0 Å². The summed E-state index contributed by atoms with van der Waals surface area (Å²) in [4.78, 5) is 24.1. The molecule has 5 heteroatoms. The van der Waals surface area contributed by atoms with E-state index >= 15 is 0 Å². The Morgan fingerprint density at radius 2 is 2.18 bits per heavy atom. The highest BCUT2D eigenvalue weighted by Crippen LogP contribution is 2.40. The molecule has 1 aromatic heterocycles. The molecule has 1 N–H and O–H groups in total. The molecule has 1 aliphatic carbocycles. The number of ketones is 1. The third-order valence-corrected chi connectivity index (χ3v) is 3.37. The van der Waals surface area contributed by atoms with Gasteiger partial charge in [0.25, 0.3) is 0 Å². The number of nitrogens with one attached hydrogen (secondary N) is 1. The van der Waals surface area contributed by atoms with Crippen LogP contribution in [0.15, 0.2) is 0 Å². The summed E-state index contributed by atoms with van der Waals surface area (Å²) in [5, 5.41) is 6.93. The summed E-state index contributed by atoms with van der Waals surface area (Å²) in [5.74, 6) is -1.39. The zero-order valence-corrected chi connectivity index (χ0v) is 10.5. The minimum absolute atomic E-state index is 0.186. The quantitative estimate of drug-likeness (QED) is 0.588. The van der Waals surface area contributed by atoms with Gasteiger partial charge in [-0.3, -0.25) is 14.7 Å². The van der Waals surface area contributed by atoms with Gasteiger partial charge in [0, 0.05) is 5.69 Å². The predicted molar refractivity (Wildman–Crippen MR) is 60.6 cm³/mol. The number of aryl methyl sites for hydroxylation is 1. The van der Waals surface area contributed by atoms with E-state index in [9.17, 15) is 9.59 Å². The maximum absolute atomic E-state index is 12.4. The molecule has 0 saturated carbocycles. The van der Waals surface area contributed by atoms with Crippen LogP contribution in [0.1, 0.15) is 35.6 Å². The van der Waals surface area contributed by atoms with E-state index in [0.717, 1.165) is 11.4 Å². The molecule has 0 aromatic carbocycles. The molecule has 0 aliphatic heterocycles. The van der Waals surface area contributed by atoms with Gasteiger partial charge in [0.05, 0.1) is 18.4 Å². The van der Waals surface area contributed by atoms with Gasteiger partial charge in [-0.25, -0.2) is 0 Å². The molecule has 2 rings (SSSR count). The van der Waals surface area contributed by atoms with Crippen LogP contribution in [0.25, 0.3) is 0 Å². The maximum atomic E-state index is 12.4. The van der Waals surface area contributed by atoms with Crippen molar-refractivity contribution in [2.45, 2.75) is 27.2 Å². The van der Waals surface area contributed by atoms with Crippen molar-refractivity contribution in [2.24, 2.45) is 11.3 Å². The molecule has 0 radical (unpaired) electrons. The second-order valence-corrected chi connectivity index (χ2v) is 5.16. The number of methoxy groups -OCH3 is 1. The van der Waals surface area contributed by atoms with Gasteiger partial charge < -0.3 is 4.74 Å². The number of rotatable bonds is 1. The highest BCUT2D eigenvalue weighted by atomic mass is 16.5. The summed E-state index contributed by atoms with van der Waals surface area (Å²) in [7, 11) is 1.31. The first-order valence-electron chi connectivity index (χ1n) is 5.54. The Morgan fingerprint density at radius 3 is 2.76 bits per heavy atom. The Morgan fingerprint density at radius 1 is 1.53 bits per heavy atom. The summed E-state index contributed by atoms with van der Waals surface area (Å²) < 4.78 is 4.74. The molecule has 17 heavy (non-hydrogen) atoms. The van der Waals surface area contributed by atoms with Gasteiger partial charge in [-0.2, -0.15) is 5.10 Å². The minimum atomic E-state index is -0.740. The maximum Gasteiger partial charge on any atom is 0.317 e. The zero-order chi connectivity index (χ0) is 12.8. The first kappa shape index (κ1) is 11.8. The topological polar surface area (TPSA) is 72.1 Å². The van der Waals surface area contributed by atoms with Crippen LogP contribution in [0.5, 0.6) is 0 Å². The molecule has 1 aromatic rings. The lowest BCUT2D eigenvalue weighted by atomic mass is 9.67. The Hall–Kier alpha value is -1.65. The fourth-order valence-corrected chi connectivity index (χ4v) is 2.51. The van der Waals surface area contributed by atoms with Crippen LogP contribution in [0.4, 0.5) is 0 Å². The molecule has 0 spiro atoms. The lowest BCUT2D eigenvalue weighted by Crippen LogP contribution is -2.43. The predicted octanol–water partition coefficient (Wildman–Crippen LogP) is 1.27. The summed E-state index contributed by atoms with van der Waals surface area (Å²) >= 11 is 0. The number of aromatic amines is 1. The number of fused-ring (bicyclic) bond motifs is 1. The summed E-state index contributed by atoms with van der Waals surface area (Å²) in [6, 6.07) is 0. The largest absolute Gasteiger partial charge is 0.468 e. The van der Waals surface area contributed by atoms with Gasteiger partial charge in [-0.1, -0.05) is 13.8 Å². The second-order valence-electron chi connectivity index (χ2n) is 5.16. The van der Waals surface area contributed by atoms with Gasteiger partial charge in [-0.15, -0.1) is 0 Å². The highest BCUT2D eigenvalue weighted by Gasteiger charge is 2.48. The van der Waals surface area contributed by atoms with Crippen molar-refractivity contribution >= 4 is 11.8 Å². The normalized spacial score (nSPS) is 22.1. The van der Waals surface area contributed by atoms with Crippen LogP contribution in [0, 0.1) is 18.3 Å². The minimum Gasteiger partial charge on any atom is -0.468 e. The van der Waals surface area contributed by atoms with Crippen molar-refractivity contribution in [1.82, 2.24) is 10.2 Å². The molecule has 0 bridgehead atoms. The standard InChI is InChI=1S/C12H16N2O3/c1-6-8-7(14-13-6)5-12(2,3)9(10(8)15)11(16)17-4/h9H,5H2,1-4H3,(H,13,14)/t9-/m0/s1. The smallest absolute Gasteiger partial charge is 0.317 e. The van der Waals surface area contributed by atoms with E-state index < -0.39 is 17.3 Å². The number of esters is 1. The second kappa shape index (κ2) is 3.68. The summed E-state index contributed by atoms with van der Waals surface area (Å²) in [5.41, 5.74) is 1.56. The van der Waals surface area contributed by atoms with E-state index in [2.05, 4.69) is 10.2 Å². The average Bonchev–Trinajstić information content (AvgIpc) is 2.58. The van der Waals surface area contributed by atoms with Gasteiger partial charge in [0.1, 0.15) is 5.92 Å². The number of aromatic nitrogens is 2. The van der Waals surface area contributed by atoms with Crippen LogP contribution in [0.3, 0.4) is 0 Å². The number of carbonyl (C=O) groups is 2. The lowest BCUT2D eigenvalue weighted by Gasteiger charge is -2.34. The Kier molecular flexibility index (Phi) is 2.56. The molecular formula is C12H16N2O3. The molecule has 1 aliphatic rings. The third kappa shape index (κ3) is 1.66. The number of nitrogens with zero attached hydrogens (tertiary/aromatic N) is 1. The Balaban J connectivity index is 2.53. The van der Waals surface area contributed by atoms with Crippen molar-refractivity contribution in [1.29, 1.82) is 0 Å². The summed E-state index contributed by atoms with van der Waals surface area (Å²) in [6.45, 7) is 5.56. The Bertz CT molecular complexity index is 488. The zero-order valence-electron chi connectivity index (χ0n) is 10.5. The van der Waals surface area contributed by atoms with E-state index in [0.29, 0.717) is 12.0 Å². The average molecular weight is 236 g/mol. The molecule has 92 valence electrons. The number of ether oxygens (including phenoxy) is 1. The SMILES string of the molecule is COC(=O)[C@@H]1C(=O)c2c(n[nH]c2C)CC1(C)C. The van der Waals surface area contributed by atoms with Gasteiger partial charge in [0.2, 0.25) is 0 Å². The fraction of sp³-hybridized carbons (Fsp3) is 0.583. The van der Waals surface area contributed by atoms with Crippen LogP contribution >= 0.6 is 0 Å². The Labute approximate surface area is 99.5 Å². The number of hydrogen-bond donors (Lipinski definition) is 1. The van der Waals surface area contributed by atoms with Crippen molar-refractivity contribution in [3.05, 3.63) is 17.0 Å². The van der Waals surface area contributed by atoms with Crippen molar-refractivity contribution in [2.75, 3.05) is 7.11 Å². The van der Waals surface area contributed by atoms with Crippen molar-refractivity contribution in [3.8, 4) is 0 Å². The van der Waals surface area contributed by atoms with E-state index in [1.54, 1.807) is 6.92 Å². The first-order chi connectivity index (χ1) is 7.88. The van der Waals surface area contributed by atoms with Crippen LogP contribution in [-0.2, 0) is 16.0 Å². The van der Waals surface area contributed by atoms with Crippen LogP contribution in [-0.4, -0.2) is 29.1 Å². The molecule has 5 nitrogen and oxygen atoms in total. The van der Waals surface area contributed by atoms with Gasteiger partial charge >= 0.3 is 5.97 Å². The molecule has 0 amide bonds. The van der Waals surface area contributed by atoms with E-state index in [1.165, 1.54) is 7.11 Å². The van der Waals surface area contributed by atoms with E-state index in [1.807, 2.05) is 13.8 Å². The molecule has 1 heterocycles. The van der Waals surface area contributed by atoms with Crippen LogP contribution < -0.4 is 0 Å². The molecule has 0 saturated heterocycles. The lowest BCUT2D eigenvalue weighted by molar-refractivity contribution is -0.147. The van der Waals surface area contributed by atoms with E-state index in [-0.39, 0.29) is 5.78 Å². The summed E-state index contributed by atoms with van der Waals surface area (Å²) in [6.07, 6.45) is 0.595. The molecule has 0 fully saturated rings.